The number of rotatable bonds is 4. The van der Waals surface area contributed by atoms with Gasteiger partial charge in [0.05, 0.1) is 40.6 Å². The summed E-state index contributed by atoms with van der Waals surface area (Å²) in [5, 5.41) is 3.53. The summed E-state index contributed by atoms with van der Waals surface area (Å²) in [5.74, 6) is 0. The van der Waals surface area contributed by atoms with Crippen LogP contribution in [0.3, 0.4) is 0 Å². The number of hydrogen-bond acceptors (Lipinski definition) is 6. The molecule has 2 aromatic heterocycles. The predicted molar refractivity (Wildman–Crippen MR) is 149 cm³/mol. The Kier molecular flexibility index (Phi) is 5.75. The number of nitrogens with one attached hydrogen (secondary N) is 1. The topological polar surface area (TPSA) is 62.1 Å². The van der Waals surface area contributed by atoms with Gasteiger partial charge in [-0.2, -0.15) is 0 Å². The zero-order valence-corrected chi connectivity index (χ0v) is 21.4. The normalized spacial score (nSPS) is 20.3. The first-order chi connectivity index (χ1) is 18.2. The average molecular weight is 492 g/mol. The molecule has 7 nitrogen and oxygen atoms in total. The minimum atomic E-state index is 0.457. The highest BCUT2D eigenvalue weighted by Crippen LogP contribution is 2.34. The van der Waals surface area contributed by atoms with Gasteiger partial charge in [0.25, 0.3) is 0 Å². The molecule has 2 saturated heterocycles. The Morgan fingerprint density at radius 2 is 1.78 bits per heavy atom. The fraction of sp³-hybridized carbons (Fsp3) is 0.367. The molecule has 1 unspecified atom stereocenters. The van der Waals surface area contributed by atoms with Gasteiger partial charge >= 0.3 is 0 Å². The van der Waals surface area contributed by atoms with E-state index in [0.717, 1.165) is 73.9 Å². The van der Waals surface area contributed by atoms with Crippen molar-refractivity contribution < 1.29 is 0 Å². The van der Waals surface area contributed by atoms with Gasteiger partial charge in [0.1, 0.15) is 0 Å². The van der Waals surface area contributed by atoms with Crippen molar-refractivity contribution in [3.63, 3.8) is 0 Å². The third-order valence-electron chi connectivity index (χ3n) is 8.18. The van der Waals surface area contributed by atoms with E-state index in [9.17, 15) is 0 Å². The molecular formula is C30H33N7. The molecular weight excluding hydrogens is 458 g/mol. The summed E-state index contributed by atoms with van der Waals surface area (Å²) in [6, 6.07) is 15.9. The highest BCUT2D eigenvalue weighted by atomic mass is 15.2. The Bertz CT molecular complexity index is 1460. The number of piperazine rings is 1. The van der Waals surface area contributed by atoms with Gasteiger partial charge in [-0.05, 0) is 56.3 Å². The van der Waals surface area contributed by atoms with Gasteiger partial charge in [-0.1, -0.05) is 24.3 Å². The van der Waals surface area contributed by atoms with Crippen LogP contribution in [0.1, 0.15) is 35.8 Å². The first-order valence-corrected chi connectivity index (χ1v) is 13.5. The van der Waals surface area contributed by atoms with Crippen LogP contribution in [0.2, 0.25) is 0 Å². The third-order valence-corrected chi connectivity index (χ3v) is 8.18. The average Bonchev–Trinajstić information content (AvgIpc) is 3.58. The second-order valence-electron chi connectivity index (χ2n) is 10.6. The van der Waals surface area contributed by atoms with Gasteiger partial charge in [0.2, 0.25) is 0 Å². The largest absolute Gasteiger partial charge is 0.369 e. The van der Waals surface area contributed by atoms with Crippen molar-refractivity contribution in [2.75, 3.05) is 51.2 Å². The maximum Gasteiger partial charge on any atom is 0.0961 e. The van der Waals surface area contributed by atoms with E-state index in [1.54, 1.807) is 0 Å². The molecule has 4 aromatic rings. The molecule has 0 saturated carbocycles. The Labute approximate surface area is 217 Å². The van der Waals surface area contributed by atoms with Crippen LogP contribution in [0.4, 0.5) is 5.69 Å². The summed E-state index contributed by atoms with van der Waals surface area (Å²) in [5.41, 5.74) is 9.99. The lowest BCUT2D eigenvalue weighted by atomic mass is 10.0. The molecule has 1 aliphatic carbocycles. The number of fused-ring (bicyclic) bond motifs is 2. The molecule has 4 heterocycles. The summed E-state index contributed by atoms with van der Waals surface area (Å²) < 4.78 is 2.35. The van der Waals surface area contributed by atoms with Gasteiger partial charge in [0.15, 0.2) is 0 Å². The van der Waals surface area contributed by atoms with Crippen molar-refractivity contribution in [3.8, 4) is 11.3 Å². The fourth-order valence-electron chi connectivity index (χ4n) is 5.93. The van der Waals surface area contributed by atoms with Crippen LogP contribution < -0.4 is 10.2 Å². The minimum Gasteiger partial charge on any atom is -0.369 e. The number of anilines is 1. The number of benzene rings is 2. The number of allylic oxidation sites excluding steroid dienone is 1. The van der Waals surface area contributed by atoms with Crippen molar-refractivity contribution >= 4 is 22.3 Å². The lowest BCUT2D eigenvalue weighted by molar-refractivity contribution is 0.313. The van der Waals surface area contributed by atoms with Gasteiger partial charge in [-0.15, -0.1) is 0 Å². The molecule has 1 atom stereocenters. The summed E-state index contributed by atoms with van der Waals surface area (Å²) in [4.78, 5) is 19.5. The smallest absolute Gasteiger partial charge is 0.0961 e. The molecule has 1 N–H and O–H groups in total. The van der Waals surface area contributed by atoms with Crippen LogP contribution in [0.5, 0.6) is 0 Å². The second kappa shape index (κ2) is 9.39. The summed E-state index contributed by atoms with van der Waals surface area (Å²) in [6.07, 6.45) is 9.43. The lowest BCUT2D eigenvalue weighted by Gasteiger charge is -2.34. The molecule has 3 aliphatic rings. The molecule has 188 valence electrons. The molecule has 2 fully saturated rings. The van der Waals surface area contributed by atoms with Gasteiger partial charge in [-0.25, -0.2) is 9.97 Å². The van der Waals surface area contributed by atoms with Crippen molar-refractivity contribution in [2.24, 2.45) is 0 Å². The molecule has 0 bridgehead atoms. The standard InChI is InChI=1S/C30H33N7/c1-35-13-15-36(16-14-35)23-7-4-21(5-8-23)28-19-32-27-11-9-25(30(27)34-28)22-6-10-26-29(17-22)37(20-33-26)24-3-2-12-31-18-24/h4-10,17,19-20,24,31H,2-3,11-16,18H2,1H3. The van der Waals surface area contributed by atoms with Gasteiger partial charge in [0, 0.05) is 62.0 Å². The Hall–Kier alpha value is -3.55. The Balaban J connectivity index is 1.17. The summed E-state index contributed by atoms with van der Waals surface area (Å²) in [6.45, 7) is 6.47. The monoisotopic (exact) mass is 491 g/mol. The van der Waals surface area contributed by atoms with E-state index in [1.807, 2.05) is 12.5 Å². The fourth-order valence-corrected chi connectivity index (χ4v) is 5.93. The van der Waals surface area contributed by atoms with E-state index in [2.05, 4.69) is 80.3 Å². The number of nitrogens with zero attached hydrogens (tertiary/aromatic N) is 6. The zero-order chi connectivity index (χ0) is 24.8. The van der Waals surface area contributed by atoms with Crippen molar-refractivity contribution in [1.82, 2.24) is 29.7 Å². The summed E-state index contributed by atoms with van der Waals surface area (Å²) in [7, 11) is 2.19. The molecule has 37 heavy (non-hydrogen) atoms. The zero-order valence-electron chi connectivity index (χ0n) is 21.4. The quantitative estimate of drug-likeness (QED) is 0.463. The first kappa shape index (κ1) is 22.6. The van der Waals surface area contributed by atoms with Gasteiger partial charge < -0.3 is 19.7 Å². The maximum atomic E-state index is 5.13. The van der Waals surface area contributed by atoms with Crippen LogP contribution in [0, 0.1) is 0 Å². The van der Waals surface area contributed by atoms with Crippen molar-refractivity contribution in [2.45, 2.75) is 25.3 Å². The Morgan fingerprint density at radius 1 is 0.946 bits per heavy atom. The highest BCUT2D eigenvalue weighted by Gasteiger charge is 2.22. The number of aromatic nitrogens is 4. The second-order valence-corrected chi connectivity index (χ2v) is 10.6. The van der Waals surface area contributed by atoms with Crippen LogP contribution in [0.25, 0.3) is 27.9 Å². The predicted octanol–water partition coefficient (Wildman–Crippen LogP) is 4.16. The van der Waals surface area contributed by atoms with Crippen LogP contribution in [-0.4, -0.2) is 70.7 Å². The minimum absolute atomic E-state index is 0.457. The van der Waals surface area contributed by atoms with Crippen molar-refractivity contribution in [1.29, 1.82) is 0 Å². The van der Waals surface area contributed by atoms with E-state index >= 15 is 0 Å². The highest BCUT2D eigenvalue weighted by molar-refractivity contribution is 5.88. The number of hydrogen-bond donors (Lipinski definition) is 1. The number of likely N-dealkylation sites (N-methyl/N-ethyl adjacent to an activating group) is 1. The van der Waals surface area contributed by atoms with Crippen LogP contribution in [-0.2, 0) is 6.42 Å². The van der Waals surface area contributed by atoms with E-state index in [0.29, 0.717) is 6.04 Å². The molecule has 7 rings (SSSR count). The van der Waals surface area contributed by atoms with E-state index < -0.39 is 0 Å². The molecule has 7 heteroatoms. The molecule has 2 aliphatic heterocycles. The van der Waals surface area contributed by atoms with Crippen LogP contribution >= 0.6 is 0 Å². The first-order valence-electron chi connectivity index (χ1n) is 13.5. The molecule has 0 radical (unpaired) electrons. The molecule has 0 amide bonds. The van der Waals surface area contributed by atoms with E-state index in [4.69, 9.17) is 9.97 Å². The molecule has 0 spiro atoms. The lowest BCUT2D eigenvalue weighted by Crippen LogP contribution is -2.44. The SMILES string of the molecule is CN1CCN(c2ccc(-c3cnc4c(n3)C(c3ccc5ncn(C6CCCNC6)c5c3)=CC4)cc2)CC1. The number of piperidine rings is 1. The third kappa shape index (κ3) is 4.22. The van der Waals surface area contributed by atoms with E-state index in [1.165, 1.54) is 35.2 Å². The maximum absolute atomic E-state index is 5.13. The van der Waals surface area contributed by atoms with E-state index in [-0.39, 0.29) is 0 Å². The number of imidazole rings is 1. The molecule has 2 aromatic carbocycles. The van der Waals surface area contributed by atoms with Gasteiger partial charge in [-0.3, -0.25) is 4.98 Å². The Morgan fingerprint density at radius 3 is 2.59 bits per heavy atom. The van der Waals surface area contributed by atoms with Crippen LogP contribution in [0.15, 0.2) is 61.1 Å². The van der Waals surface area contributed by atoms with Crippen molar-refractivity contribution in [3.05, 3.63) is 78.0 Å². The summed E-state index contributed by atoms with van der Waals surface area (Å²) >= 11 is 0.